The quantitative estimate of drug-likeness (QED) is 0.776. The van der Waals surface area contributed by atoms with Gasteiger partial charge in [0.25, 0.3) is 0 Å². The van der Waals surface area contributed by atoms with Crippen LogP contribution in [-0.2, 0) is 4.79 Å². The van der Waals surface area contributed by atoms with Crippen molar-refractivity contribution in [3.63, 3.8) is 0 Å². The number of fused-ring (bicyclic) bond motifs is 2. The highest BCUT2D eigenvalue weighted by Crippen LogP contribution is 2.33. The normalized spacial score (nSPS) is 35.0. The lowest BCUT2D eigenvalue weighted by Crippen LogP contribution is -2.38. The fourth-order valence-corrected chi connectivity index (χ4v) is 3.28. The molecule has 0 spiro atoms. The first-order valence-electron chi connectivity index (χ1n) is 6.95. The van der Waals surface area contributed by atoms with Crippen LogP contribution in [0.4, 0.5) is 0 Å². The van der Waals surface area contributed by atoms with Gasteiger partial charge in [0.1, 0.15) is 5.78 Å². The number of carbonyl (C=O) groups is 1. The largest absolute Gasteiger partial charge is 0.311 e. The van der Waals surface area contributed by atoms with E-state index >= 15 is 0 Å². The van der Waals surface area contributed by atoms with Gasteiger partial charge >= 0.3 is 0 Å². The molecule has 2 heteroatoms. The van der Waals surface area contributed by atoms with E-state index in [2.05, 4.69) is 19.2 Å². The predicted molar refractivity (Wildman–Crippen MR) is 66.4 cm³/mol. The molecule has 2 fully saturated rings. The molecule has 0 saturated carbocycles. The maximum absolute atomic E-state index is 11.9. The third-order valence-corrected chi connectivity index (χ3v) is 4.36. The van der Waals surface area contributed by atoms with Crippen LogP contribution in [0.15, 0.2) is 0 Å². The summed E-state index contributed by atoms with van der Waals surface area (Å²) in [6.45, 7) is 4.35. The molecule has 92 valence electrons. The van der Waals surface area contributed by atoms with Crippen molar-refractivity contribution in [2.75, 3.05) is 0 Å². The van der Waals surface area contributed by atoms with Crippen LogP contribution in [0.25, 0.3) is 0 Å². The van der Waals surface area contributed by atoms with Crippen LogP contribution in [0.3, 0.4) is 0 Å². The van der Waals surface area contributed by atoms with Gasteiger partial charge in [0.15, 0.2) is 0 Å². The molecular formula is C14H25NO. The van der Waals surface area contributed by atoms with Gasteiger partial charge in [-0.25, -0.2) is 0 Å². The molecular weight excluding hydrogens is 198 g/mol. The lowest BCUT2D eigenvalue weighted by Gasteiger charge is -2.28. The first-order chi connectivity index (χ1) is 7.67. The minimum Gasteiger partial charge on any atom is -0.311 e. The molecule has 2 saturated heterocycles. The average molecular weight is 223 g/mol. The summed E-state index contributed by atoms with van der Waals surface area (Å²) >= 11 is 0. The summed E-state index contributed by atoms with van der Waals surface area (Å²) in [4.78, 5) is 11.9. The smallest absolute Gasteiger partial charge is 0.133 e. The molecule has 0 aromatic carbocycles. The highest BCUT2D eigenvalue weighted by molar-refractivity contribution is 5.78. The van der Waals surface area contributed by atoms with E-state index in [4.69, 9.17) is 0 Å². The molecule has 0 aromatic rings. The minimum atomic E-state index is 0.501. The van der Waals surface area contributed by atoms with Crippen LogP contribution in [0.5, 0.6) is 0 Å². The van der Waals surface area contributed by atoms with E-state index in [1.165, 1.54) is 25.7 Å². The Morgan fingerprint density at radius 2 is 1.94 bits per heavy atom. The molecule has 2 bridgehead atoms. The van der Waals surface area contributed by atoms with E-state index in [-0.39, 0.29) is 0 Å². The Balaban J connectivity index is 1.75. The summed E-state index contributed by atoms with van der Waals surface area (Å²) in [6, 6.07) is 1.44. The lowest BCUT2D eigenvalue weighted by molar-refractivity contribution is -0.121. The van der Waals surface area contributed by atoms with Crippen molar-refractivity contribution in [1.29, 1.82) is 0 Å². The second kappa shape index (κ2) is 5.31. The van der Waals surface area contributed by atoms with Crippen molar-refractivity contribution in [3.05, 3.63) is 0 Å². The van der Waals surface area contributed by atoms with Gasteiger partial charge in [-0.3, -0.25) is 4.79 Å². The minimum absolute atomic E-state index is 0.501. The number of Topliss-reactive ketones (excluding diaryl/α,β-unsaturated/α-hetero) is 1. The predicted octanol–water partition coefficient (Wildman–Crippen LogP) is 2.91. The van der Waals surface area contributed by atoms with Crippen LogP contribution in [0, 0.1) is 11.8 Å². The fraction of sp³-hybridized carbons (Fsp3) is 0.929. The third-order valence-electron chi connectivity index (χ3n) is 4.36. The van der Waals surface area contributed by atoms with E-state index in [1.807, 2.05) is 0 Å². The van der Waals surface area contributed by atoms with Gasteiger partial charge in [-0.05, 0) is 37.5 Å². The zero-order chi connectivity index (χ0) is 11.5. The summed E-state index contributed by atoms with van der Waals surface area (Å²) < 4.78 is 0. The van der Waals surface area contributed by atoms with Gasteiger partial charge in [-0.2, -0.15) is 0 Å². The van der Waals surface area contributed by atoms with Gasteiger partial charge in [0, 0.05) is 24.9 Å². The Hall–Kier alpha value is -0.370. The maximum atomic E-state index is 11.9. The van der Waals surface area contributed by atoms with Gasteiger partial charge in [0.2, 0.25) is 0 Å². The fourth-order valence-electron chi connectivity index (χ4n) is 3.28. The number of carbonyl (C=O) groups excluding carboxylic acids is 1. The number of ketones is 1. The number of hydrogen-bond acceptors (Lipinski definition) is 2. The monoisotopic (exact) mass is 223 g/mol. The highest BCUT2D eigenvalue weighted by atomic mass is 16.1. The second-order valence-corrected chi connectivity index (χ2v) is 5.94. The molecule has 2 heterocycles. The zero-order valence-corrected chi connectivity index (χ0v) is 10.7. The van der Waals surface area contributed by atoms with Crippen LogP contribution >= 0.6 is 0 Å². The van der Waals surface area contributed by atoms with E-state index < -0.39 is 0 Å². The topological polar surface area (TPSA) is 29.1 Å². The van der Waals surface area contributed by atoms with Crippen molar-refractivity contribution in [2.24, 2.45) is 11.8 Å². The maximum Gasteiger partial charge on any atom is 0.133 e. The van der Waals surface area contributed by atoms with Gasteiger partial charge in [-0.1, -0.05) is 20.3 Å². The second-order valence-electron chi connectivity index (χ2n) is 5.94. The molecule has 3 unspecified atom stereocenters. The Morgan fingerprint density at radius 1 is 1.31 bits per heavy atom. The van der Waals surface area contributed by atoms with E-state index in [9.17, 15) is 4.79 Å². The standard InChI is InChI=1S/C14H25NO/c1-3-10(2)6-14(16)9-11-7-12-4-5-13(8-11)15-12/h10-13,15H,3-9H2,1-2H3. The molecule has 0 radical (unpaired) electrons. The van der Waals surface area contributed by atoms with Crippen molar-refractivity contribution in [2.45, 2.75) is 70.9 Å². The molecule has 2 nitrogen and oxygen atoms in total. The van der Waals surface area contributed by atoms with Crippen LogP contribution in [-0.4, -0.2) is 17.9 Å². The van der Waals surface area contributed by atoms with E-state index in [1.54, 1.807) is 0 Å². The van der Waals surface area contributed by atoms with Crippen molar-refractivity contribution in [1.82, 2.24) is 5.32 Å². The first-order valence-corrected chi connectivity index (χ1v) is 6.95. The van der Waals surface area contributed by atoms with Crippen molar-refractivity contribution >= 4 is 5.78 Å². The summed E-state index contributed by atoms with van der Waals surface area (Å²) in [5.74, 6) is 1.75. The molecule has 2 rings (SSSR count). The van der Waals surface area contributed by atoms with Crippen LogP contribution in [0.2, 0.25) is 0 Å². The zero-order valence-electron chi connectivity index (χ0n) is 10.7. The number of rotatable bonds is 5. The third kappa shape index (κ3) is 3.07. The molecule has 0 amide bonds. The molecule has 2 aliphatic heterocycles. The summed E-state index contributed by atoms with van der Waals surface area (Å²) in [6.07, 6.45) is 7.92. The van der Waals surface area contributed by atoms with Gasteiger partial charge in [0.05, 0.1) is 0 Å². The lowest BCUT2D eigenvalue weighted by atomic mass is 9.86. The summed E-state index contributed by atoms with van der Waals surface area (Å²) in [7, 11) is 0. The Labute approximate surface area is 99.2 Å². The van der Waals surface area contributed by atoms with Crippen LogP contribution < -0.4 is 5.32 Å². The van der Waals surface area contributed by atoms with Gasteiger partial charge in [-0.15, -0.1) is 0 Å². The van der Waals surface area contributed by atoms with Crippen molar-refractivity contribution in [3.8, 4) is 0 Å². The first kappa shape index (κ1) is 12.1. The molecule has 1 N–H and O–H groups in total. The number of piperidine rings is 1. The Kier molecular flexibility index (Phi) is 4.01. The van der Waals surface area contributed by atoms with E-state index in [0.29, 0.717) is 17.6 Å². The Morgan fingerprint density at radius 3 is 2.50 bits per heavy atom. The molecule has 2 aliphatic rings. The van der Waals surface area contributed by atoms with E-state index in [0.717, 1.165) is 31.3 Å². The average Bonchev–Trinajstić information content (AvgIpc) is 2.57. The Bertz CT molecular complexity index is 239. The molecule has 0 aliphatic carbocycles. The number of nitrogens with one attached hydrogen (secondary N) is 1. The SMILES string of the molecule is CCC(C)CC(=O)CC1CC2CCC(C1)N2. The molecule has 16 heavy (non-hydrogen) atoms. The molecule has 3 atom stereocenters. The summed E-state index contributed by atoms with van der Waals surface area (Å²) in [5, 5.41) is 3.63. The number of hydrogen-bond donors (Lipinski definition) is 1. The summed E-state index contributed by atoms with van der Waals surface area (Å²) in [5.41, 5.74) is 0. The van der Waals surface area contributed by atoms with Crippen LogP contribution in [0.1, 0.15) is 58.8 Å². The van der Waals surface area contributed by atoms with Gasteiger partial charge < -0.3 is 5.32 Å². The van der Waals surface area contributed by atoms with Crippen molar-refractivity contribution < 1.29 is 4.79 Å². The highest BCUT2D eigenvalue weighted by Gasteiger charge is 2.34. The molecule has 0 aromatic heterocycles.